The number of aromatic nitrogens is 1. The zero-order chi connectivity index (χ0) is 15.4. The molecule has 2 fully saturated rings. The van der Waals surface area contributed by atoms with Gasteiger partial charge in [-0.15, -0.1) is 0 Å². The van der Waals surface area contributed by atoms with Crippen LogP contribution in [-0.4, -0.2) is 48.4 Å². The van der Waals surface area contributed by atoms with Gasteiger partial charge in [-0.2, -0.15) is 0 Å². The number of carbonyl (C=O) groups is 1. The first kappa shape index (κ1) is 14.9. The summed E-state index contributed by atoms with van der Waals surface area (Å²) < 4.78 is 1.14. The van der Waals surface area contributed by atoms with Crippen molar-refractivity contribution in [1.29, 1.82) is 0 Å². The number of carbonyl (C=O) groups excluding carboxylic acids is 1. The van der Waals surface area contributed by atoms with E-state index in [4.69, 9.17) is 0 Å². The predicted octanol–water partition coefficient (Wildman–Crippen LogP) is 1.38. The Kier molecular flexibility index (Phi) is 4.65. The van der Waals surface area contributed by atoms with Gasteiger partial charge in [-0.05, 0) is 18.9 Å². The fourth-order valence-corrected chi connectivity index (χ4v) is 3.33. The lowest BCUT2D eigenvalue weighted by molar-refractivity contribution is -0.894. The molecule has 22 heavy (non-hydrogen) atoms. The second-order valence-corrected chi connectivity index (χ2v) is 6.16. The van der Waals surface area contributed by atoms with Crippen molar-refractivity contribution in [2.75, 3.05) is 31.1 Å². The van der Waals surface area contributed by atoms with Crippen LogP contribution in [0.4, 0.5) is 10.6 Å². The van der Waals surface area contributed by atoms with E-state index in [2.05, 4.69) is 10.2 Å². The van der Waals surface area contributed by atoms with E-state index in [-0.39, 0.29) is 6.03 Å². The van der Waals surface area contributed by atoms with Crippen molar-refractivity contribution in [3.63, 3.8) is 0 Å². The van der Waals surface area contributed by atoms with Gasteiger partial charge in [0.15, 0.2) is 0 Å². The second-order valence-electron chi connectivity index (χ2n) is 6.16. The molecule has 1 aliphatic carbocycles. The molecular formula is C16H25N4O2+. The highest BCUT2D eigenvalue weighted by molar-refractivity contribution is 5.74. The molecule has 2 N–H and O–H groups in total. The topological polar surface area (TPSA) is 59.7 Å². The fraction of sp³-hybridized carbons (Fsp3) is 0.625. The highest BCUT2D eigenvalue weighted by Crippen LogP contribution is 2.18. The Balaban J connectivity index is 1.51. The van der Waals surface area contributed by atoms with Gasteiger partial charge in [0.2, 0.25) is 0 Å². The highest BCUT2D eigenvalue weighted by atomic mass is 16.5. The molecule has 1 aromatic heterocycles. The number of piperazine rings is 1. The van der Waals surface area contributed by atoms with E-state index in [0.29, 0.717) is 19.1 Å². The Morgan fingerprint density at radius 2 is 1.86 bits per heavy atom. The average Bonchev–Trinajstić information content (AvgIpc) is 2.56. The number of nitrogens with one attached hydrogen (secondary N) is 1. The molecule has 0 radical (unpaired) electrons. The molecule has 3 rings (SSSR count). The van der Waals surface area contributed by atoms with E-state index < -0.39 is 0 Å². The van der Waals surface area contributed by atoms with Crippen LogP contribution >= 0.6 is 0 Å². The van der Waals surface area contributed by atoms with Gasteiger partial charge in [0.05, 0.1) is 13.1 Å². The number of anilines is 1. The predicted molar refractivity (Wildman–Crippen MR) is 83.0 cm³/mol. The summed E-state index contributed by atoms with van der Waals surface area (Å²) in [6.45, 7) is 2.85. The van der Waals surface area contributed by atoms with Gasteiger partial charge in [-0.1, -0.05) is 30.1 Å². The van der Waals surface area contributed by atoms with Gasteiger partial charge in [0, 0.05) is 12.1 Å². The van der Waals surface area contributed by atoms with E-state index in [1.165, 1.54) is 19.3 Å². The summed E-state index contributed by atoms with van der Waals surface area (Å²) >= 11 is 0. The molecule has 2 amide bonds. The van der Waals surface area contributed by atoms with Crippen LogP contribution in [0.2, 0.25) is 0 Å². The summed E-state index contributed by atoms with van der Waals surface area (Å²) in [7, 11) is 0. The first-order valence-electron chi connectivity index (χ1n) is 8.24. The summed E-state index contributed by atoms with van der Waals surface area (Å²) in [4.78, 5) is 16.3. The van der Waals surface area contributed by atoms with Crippen molar-refractivity contribution in [2.45, 2.75) is 38.1 Å². The number of pyridine rings is 1. The second kappa shape index (κ2) is 6.85. The molecule has 120 valence electrons. The third-order valence-electron chi connectivity index (χ3n) is 4.64. The van der Waals surface area contributed by atoms with Crippen molar-refractivity contribution in [2.24, 2.45) is 0 Å². The van der Waals surface area contributed by atoms with Crippen LogP contribution in [0, 0.1) is 0 Å². The van der Waals surface area contributed by atoms with Gasteiger partial charge in [-0.25, -0.2) is 4.79 Å². The zero-order valence-corrected chi connectivity index (χ0v) is 12.9. The van der Waals surface area contributed by atoms with Gasteiger partial charge >= 0.3 is 11.8 Å². The van der Waals surface area contributed by atoms with Gasteiger partial charge in [0.25, 0.3) is 0 Å². The Hall–Kier alpha value is -1.98. The summed E-state index contributed by atoms with van der Waals surface area (Å²) in [5.74, 6) is 0.773. The molecule has 6 heteroatoms. The molecular weight excluding hydrogens is 280 g/mol. The minimum atomic E-state index is 0.0662. The van der Waals surface area contributed by atoms with Crippen molar-refractivity contribution >= 4 is 11.8 Å². The Morgan fingerprint density at radius 3 is 2.55 bits per heavy atom. The standard InChI is InChI=1S/C16H24N4O2/c21-16(17-14-6-2-1-3-7-14)19-12-10-18(11-13-19)15-8-4-5-9-20(15)22/h4-5,8-9,14H,1-3,6-7,10-13H2,(H-,17,21,22)/p+1. The highest BCUT2D eigenvalue weighted by Gasteiger charge is 2.28. The number of hydrogen-bond donors (Lipinski definition) is 2. The first-order chi connectivity index (χ1) is 10.7. The summed E-state index contributed by atoms with van der Waals surface area (Å²) in [6.07, 6.45) is 7.59. The van der Waals surface area contributed by atoms with Crippen LogP contribution in [0.3, 0.4) is 0 Å². The molecule has 0 spiro atoms. The quantitative estimate of drug-likeness (QED) is 0.641. The van der Waals surface area contributed by atoms with Crippen LogP contribution in [0.25, 0.3) is 0 Å². The maximum Gasteiger partial charge on any atom is 0.317 e. The minimum absolute atomic E-state index is 0.0662. The molecule has 2 aliphatic rings. The number of nitrogens with zero attached hydrogens (tertiary/aromatic N) is 3. The zero-order valence-electron chi connectivity index (χ0n) is 12.9. The largest absolute Gasteiger partial charge is 0.350 e. The molecule has 0 atom stereocenters. The molecule has 1 saturated heterocycles. The van der Waals surface area contributed by atoms with E-state index >= 15 is 0 Å². The first-order valence-corrected chi connectivity index (χ1v) is 8.24. The van der Waals surface area contributed by atoms with Gasteiger partial charge in [-0.3, -0.25) is 4.90 Å². The summed E-state index contributed by atoms with van der Waals surface area (Å²) in [5, 5.41) is 13.0. The lowest BCUT2D eigenvalue weighted by Gasteiger charge is -2.33. The van der Waals surface area contributed by atoms with Gasteiger partial charge in [0.1, 0.15) is 19.3 Å². The molecule has 6 nitrogen and oxygen atoms in total. The van der Waals surface area contributed by atoms with Crippen LogP contribution in [0.15, 0.2) is 24.4 Å². The van der Waals surface area contributed by atoms with Crippen molar-refractivity contribution in [3.05, 3.63) is 24.4 Å². The van der Waals surface area contributed by atoms with E-state index in [0.717, 1.165) is 36.5 Å². The van der Waals surface area contributed by atoms with Crippen LogP contribution in [0.1, 0.15) is 32.1 Å². The Morgan fingerprint density at radius 1 is 1.14 bits per heavy atom. The van der Waals surface area contributed by atoms with Crippen LogP contribution in [-0.2, 0) is 0 Å². The third kappa shape index (κ3) is 3.43. The lowest BCUT2D eigenvalue weighted by atomic mass is 9.96. The number of hydrogen-bond acceptors (Lipinski definition) is 3. The SMILES string of the molecule is O=C(NC1CCCCC1)N1CCN(c2cccc[n+]2O)CC1. The summed E-state index contributed by atoms with van der Waals surface area (Å²) in [6, 6.07) is 6.00. The Labute approximate surface area is 131 Å². The van der Waals surface area contributed by atoms with Crippen molar-refractivity contribution in [3.8, 4) is 0 Å². The molecule has 1 aliphatic heterocycles. The van der Waals surface area contributed by atoms with Crippen LogP contribution < -0.4 is 14.9 Å². The number of urea groups is 1. The van der Waals surface area contributed by atoms with E-state index in [9.17, 15) is 10.0 Å². The van der Waals surface area contributed by atoms with Crippen LogP contribution in [0.5, 0.6) is 0 Å². The molecule has 0 bridgehead atoms. The lowest BCUT2D eigenvalue weighted by Crippen LogP contribution is -2.55. The summed E-state index contributed by atoms with van der Waals surface area (Å²) in [5.41, 5.74) is 0. The van der Waals surface area contributed by atoms with E-state index in [1.54, 1.807) is 12.3 Å². The van der Waals surface area contributed by atoms with Crippen molar-refractivity contribution in [1.82, 2.24) is 10.2 Å². The van der Waals surface area contributed by atoms with Crippen molar-refractivity contribution < 1.29 is 14.7 Å². The monoisotopic (exact) mass is 305 g/mol. The average molecular weight is 305 g/mol. The molecule has 0 unspecified atom stereocenters. The molecule has 1 saturated carbocycles. The number of amides is 2. The maximum absolute atomic E-state index is 12.3. The normalized spacial score (nSPS) is 20.0. The smallest absolute Gasteiger partial charge is 0.317 e. The maximum atomic E-state index is 12.3. The Bertz CT molecular complexity index is 509. The number of rotatable bonds is 2. The van der Waals surface area contributed by atoms with E-state index in [1.807, 2.05) is 17.0 Å². The third-order valence-corrected chi connectivity index (χ3v) is 4.64. The molecule has 0 aromatic carbocycles. The fourth-order valence-electron chi connectivity index (χ4n) is 3.33. The minimum Gasteiger partial charge on any atom is -0.350 e. The molecule has 1 aromatic rings. The van der Waals surface area contributed by atoms with Gasteiger partial charge < -0.3 is 15.4 Å². The molecule has 2 heterocycles.